The van der Waals surface area contributed by atoms with Gasteiger partial charge in [0.05, 0.1) is 19.2 Å². The number of carbonyl (C=O) groups excluding carboxylic acids is 1. The largest absolute Gasteiger partial charge is 0.496 e. The maximum atomic E-state index is 13.8. The Bertz CT molecular complexity index is 981. The van der Waals surface area contributed by atoms with Crippen LogP contribution in [0, 0.1) is 0 Å². The Morgan fingerprint density at radius 3 is 2.85 bits per heavy atom. The zero-order valence-electron chi connectivity index (χ0n) is 15.9. The molecule has 1 aliphatic heterocycles. The molecular weight excluding hydrogens is 338 g/mol. The number of carbonyl (C=O) groups is 1. The highest BCUT2D eigenvalue weighted by Gasteiger charge is 2.40. The third-order valence-corrected chi connectivity index (χ3v) is 6.25. The normalized spacial score (nSPS) is 21.6. The minimum atomic E-state index is 0.120. The first-order valence-electron chi connectivity index (χ1n) is 9.82. The first-order chi connectivity index (χ1) is 13.2. The number of rotatable bonds is 4. The minimum absolute atomic E-state index is 0.120. The minimum Gasteiger partial charge on any atom is -0.496 e. The van der Waals surface area contributed by atoms with Crippen molar-refractivity contribution in [3.63, 3.8) is 0 Å². The van der Waals surface area contributed by atoms with Gasteiger partial charge in [0.15, 0.2) is 0 Å². The number of methoxy groups -OCH3 is 1. The van der Waals surface area contributed by atoms with Crippen LogP contribution in [-0.4, -0.2) is 47.3 Å². The van der Waals surface area contributed by atoms with Crippen LogP contribution in [0.5, 0.6) is 5.75 Å². The molecule has 1 fully saturated rings. The van der Waals surface area contributed by atoms with E-state index < -0.39 is 0 Å². The van der Waals surface area contributed by atoms with Gasteiger partial charge in [0.2, 0.25) is 0 Å². The van der Waals surface area contributed by atoms with Crippen molar-refractivity contribution in [1.82, 2.24) is 9.47 Å². The second-order valence-corrected chi connectivity index (χ2v) is 7.94. The first-order valence-corrected chi connectivity index (χ1v) is 9.82. The molecule has 2 aliphatic carbocycles. The molecule has 5 heteroatoms. The van der Waals surface area contributed by atoms with Crippen molar-refractivity contribution in [1.29, 1.82) is 0 Å². The smallest absolute Gasteiger partial charge is 0.258 e. The lowest BCUT2D eigenvalue weighted by Crippen LogP contribution is -2.43. The molecule has 1 aromatic carbocycles. The zero-order chi connectivity index (χ0) is 18.5. The predicted octanol–water partition coefficient (Wildman–Crippen LogP) is 3.73. The number of hydrogen-bond acceptors (Lipinski definition) is 3. The summed E-state index contributed by atoms with van der Waals surface area (Å²) >= 11 is 0. The van der Waals surface area contributed by atoms with Gasteiger partial charge < -0.3 is 14.2 Å². The van der Waals surface area contributed by atoms with Crippen molar-refractivity contribution in [3.8, 4) is 5.75 Å². The maximum absolute atomic E-state index is 13.8. The Labute approximate surface area is 159 Å². The van der Waals surface area contributed by atoms with E-state index in [4.69, 9.17) is 4.74 Å². The number of aryl methyl sites for hydroxylation is 1. The van der Waals surface area contributed by atoms with E-state index in [2.05, 4.69) is 14.5 Å². The molecule has 0 bridgehead atoms. The monoisotopic (exact) mass is 363 g/mol. The van der Waals surface area contributed by atoms with E-state index in [9.17, 15) is 4.79 Å². The van der Waals surface area contributed by atoms with Crippen molar-refractivity contribution in [2.45, 2.75) is 44.2 Å². The fourth-order valence-electron chi connectivity index (χ4n) is 4.66. The molecule has 1 saturated carbocycles. The highest BCUT2D eigenvalue weighted by atomic mass is 16.5. The summed E-state index contributed by atoms with van der Waals surface area (Å²) in [6.07, 6.45) is 9.28. The summed E-state index contributed by atoms with van der Waals surface area (Å²) in [5, 5.41) is 0.977. The molecule has 1 unspecified atom stereocenters. The van der Waals surface area contributed by atoms with Crippen LogP contribution in [0.3, 0.4) is 0 Å². The van der Waals surface area contributed by atoms with Crippen LogP contribution < -0.4 is 4.74 Å². The van der Waals surface area contributed by atoms with Crippen LogP contribution in [0.2, 0.25) is 0 Å². The average Bonchev–Trinajstić information content (AvgIpc) is 3.27. The van der Waals surface area contributed by atoms with Gasteiger partial charge in [-0.2, -0.15) is 0 Å². The summed E-state index contributed by atoms with van der Waals surface area (Å²) < 4.78 is 7.66. The summed E-state index contributed by atoms with van der Waals surface area (Å²) in [7, 11) is 3.66. The van der Waals surface area contributed by atoms with E-state index in [-0.39, 0.29) is 11.9 Å². The van der Waals surface area contributed by atoms with Gasteiger partial charge in [-0.25, -0.2) is 0 Å². The molecule has 1 atom stereocenters. The highest BCUT2D eigenvalue weighted by molar-refractivity contribution is 6.09. The summed E-state index contributed by atoms with van der Waals surface area (Å²) in [4.78, 5) is 20.4. The van der Waals surface area contributed by atoms with Crippen LogP contribution in [0.15, 0.2) is 40.5 Å². The fourth-order valence-corrected chi connectivity index (χ4v) is 4.66. The van der Waals surface area contributed by atoms with Crippen LogP contribution >= 0.6 is 0 Å². The number of aliphatic imine (C=N–C) groups is 1. The molecule has 3 aliphatic rings. The lowest BCUT2D eigenvalue weighted by Gasteiger charge is -2.35. The summed E-state index contributed by atoms with van der Waals surface area (Å²) in [6.45, 7) is 0.858. The number of aromatic nitrogens is 1. The average molecular weight is 363 g/mol. The van der Waals surface area contributed by atoms with E-state index in [1.807, 2.05) is 37.7 Å². The second kappa shape index (κ2) is 6.25. The number of hydrogen-bond donors (Lipinski definition) is 0. The van der Waals surface area contributed by atoms with Crippen LogP contribution in [-0.2, 0) is 7.05 Å². The molecule has 2 heterocycles. The molecule has 27 heavy (non-hydrogen) atoms. The third-order valence-electron chi connectivity index (χ3n) is 6.25. The summed E-state index contributed by atoms with van der Waals surface area (Å²) in [5.74, 6) is 0.789. The van der Waals surface area contributed by atoms with Crippen molar-refractivity contribution < 1.29 is 9.53 Å². The molecule has 0 saturated heterocycles. The highest BCUT2D eigenvalue weighted by Crippen LogP contribution is 2.39. The first kappa shape index (κ1) is 16.6. The number of amides is 1. The van der Waals surface area contributed by atoms with E-state index in [1.54, 1.807) is 7.11 Å². The van der Waals surface area contributed by atoms with Crippen LogP contribution in [0.1, 0.15) is 42.5 Å². The van der Waals surface area contributed by atoms with Gasteiger partial charge in [0, 0.05) is 42.4 Å². The van der Waals surface area contributed by atoms with Gasteiger partial charge in [-0.15, -0.1) is 0 Å². The number of nitrogens with zero attached hydrogens (tertiary/aromatic N) is 3. The number of fused-ring (bicyclic) bond motifs is 1. The molecule has 5 nitrogen and oxygen atoms in total. The zero-order valence-corrected chi connectivity index (χ0v) is 15.9. The van der Waals surface area contributed by atoms with Crippen LogP contribution in [0.25, 0.3) is 10.9 Å². The Morgan fingerprint density at radius 1 is 1.22 bits per heavy atom. The summed E-state index contributed by atoms with van der Waals surface area (Å²) in [5.41, 5.74) is 4.60. The Hall–Kier alpha value is -2.56. The van der Waals surface area contributed by atoms with Gasteiger partial charge >= 0.3 is 0 Å². The molecule has 1 aromatic heterocycles. The lowest BCUT2D eigenvalue weighted by molar-refractivity contribution is 0.0644. The Morgan fingerprint density at radius 2 is 2.07 bits per heavy atom. The predicted molar refractivity (Wildman–Crippen MR) is 107 cm³/mol. The molecule has 2 aromatic rings. The fraction of sp³-hybridized carbons (Fsp3) is 0.455. The molecule has 0 spiro atoms. The van der Waals surface area contributed by atoms with Crippen molar-refractivity contribution >= 4 is 23.0 Å². The van der Waals surface area contributed by atoms with Gasteiger partial charge in [-0.3, -0.25) is 9.79 Å². The molecule has 5 rings (SSSR count). The topological polar surface area (TPSA) is 46.8 Å². The second-order valence-electron chi connectivity index (χ2n) is 7.94. The van der Waals surface area contributed by atoms with Crippen molar-refractivity contribution in [3.05, 3.63) is 41.1 Å². The lowest BCUT2D eigenvalue weighted by atomic mass is 9.88. The Balaban J connectivity index is 1.55. The van der Waals surface area contributed by atoms with E-state index >= 15 is 0 Å². The van der Waals surface area contributed by atoms with Gasteiger partial charge in [0.1, 0.15) is 5.75 Å². The molecular formula is C22H25N3O2. The molecule has 1 amide bonds. The van der Waals surface area contributed by atoms with Gasteiger partial charge in [-0.05, 0) is 61.4 Å². The molecule has 0 radical (unpaired) electrons. The summed E-state index contributed by atoms with van der Waals surface area (Å²) in [6, 6.07) is 6.61. The van der Waals surface area contributed by atoms with Crippen molar-refractivity contribution in [2.24, 2.45) is 12.0 Å². The van der Waals surface area contributed by atoms with Crippen LogP contribution in [0.4, 0.5) is 0 Å². The van der Waals surface area contributed by atoms with Gasteiger partial charge in [0.25, 0.3) is 5.91 Å². The number of benzene rings is 1. The standard InChI is InChI=1S/C22H25N3O2/c1-24-10-9-18-19(24)7-8-20(27-2)21(18)22(26)25(16-5-6-16)17-4-3-14-12-23-13-15(14)11-17/h7-10,13,16-17H,3-6,11-12H2,1-2H3. The molecule has 0 N–H and O–H groups in total. The van der Waals surface area contributed by atoms with E-state index in [1.165, 1.54) is 11.1 Å². The Kier molecular flexibility index (Phi) is 3.85. The van der Waals surface area contributed by atoms with E-state index in [0.717, 1.165) is 49.6 Å². The number of ether oxygens (including phenoxy) is 1. The van der Waals surface area contributed by atoms with Gasteiger partial charge in [-0.1, -0.05) is 0 Å². The quantitative estimate of drug-likeness (QED) is 0.831. The van der Waals surface area contributed by atoms with E-state index in [0.29, 0.717) is 17.4 Å². The van der Waals surface area contributed by atoms with Crippen molar-refractivity contribution in [2.75, 3.05) is 13.7 Å². The third kappa shape index (κ3) is 2.68. The SMILES string of the molecule is COc1ccc2c(ccn2C)c1C(=O)N(C1CC1)C1CCC2=C(C=NC2)C1. The molecule has 140 valence electrons. The maximum Gasteiger partial charge on any atom is 0.258 e.